The lowest BCUT2D eigenvalue weighted by Gasteiger charge is -2.24. The third-order valence-corrected chi connectivity index (χ3v) is 4.91. The van der Waals surface area contributed by atoms with Crippen LogP contribution in [-0.2, 0) is 6.42 Å². The van der Waals surface area contributed by atoms with E-state index in [4.69, 9.17) is 0 Å². The fraction of sp³-hybridized carbons (Fsp3) is 0.444. The minimum absolute atomic E-state index is 0.00370. The van der Waals surface area contributed by atoms with Gasteiger partial charge >= 0.3 is 0 Å². The Labute approximate surface area is 141 Å². The molecule has 5 heteroatoms. The number of hydrogen-bond acceptors (Lipinski definition) is 4. The molecule has 0 radical (unpaired) electrons. The lowest BCUT2D eigenvalue weighted by atomic mass is 9.97. The van der Waals surface area contributed by atoms with Crippen LogP contribution in [0.5, 0.6) is 0 Å². The molecule has 23 heavy (non-hydrogen) atoms. The van der Waals surface area contributed by atoms with E-state index >= 15 is 0 Å². The maximum atomic E-state index is 12.7. The van der Waals surface area contributed by atoms with E-state index in [2.05, 4.69) is 4.98 Å². The molecule has 1 aromatic heterocycles. The highest BCUT2D eigenvalue weighted by molar-refractivity contribution is 7.09. The molecule has 1 atom stereocenters. The molecule has 0 aliphatic rings. The molecule has 1 N–H and O–H groups in total. The highest BCUT2D eigenvalue weighted by Crippen LogP contribution is 2.24. The summed E-state index contributed by atoms with van der Waals surface area (Å²) in [5.41, 5.74) is 2.83. The van der Waals surface area contributed by atoms with Crippen molar-refractivity contribution in [2.45, 2.75) is 45.3 Å². The average Bonchev–Trinajstić information content (AvgIpc) is 3.05. The molecule has 2 aromatic rings. The van der Waals surface area contributed by atoms with Crippen molar-refractivity contribution >= 4 is 17.2 Å². The zero-order valence-electron chi connectivity index (χ0n) is 14.1. The summed E-state index contributed by atoms with van der Waals surface area (Å²) in [5, 5.41) is 9.84. The molecular formula is C18H24N2O2S. The fourth-order valence-corrected chi connectivity index (χ4v) is 3.03. The monoisotopic (exact) mass is 332 g/mol. The van der Waals surface area contributed by atoms with E-state index < -0.39 is 5.60 Å². The van der Waals surface area contributed by atoms with Crippen molar-refractivity contribution in [2.75, 3.05) is 7.05 Å². The quantitative estimate of drug-likeness (QED) is 0.878. The Kier molecular flexibility index (Phi) is 5.55. The van der Waals surface area contributed by atoms with E-state index in [1.807, 2.05) is 38.2 Å². The summed E-state index contributed by atoms with van der Waals surface area (Å²) in [6.07, 6.45) is 3.22. The summed E-state index contributed by atoms with van der Waals surface area (Å²) >= 11 is 1.55. The normalized spacial score (nSPS) is 12.9. The summed E-state index contributed by atoms with van der Waals surface area (Å²) in [6.45, 7) is 5.60. The van der Waals surface area contributed by atoms with E-state index in [9.17, 15) is 9.90 Å². The van der Waals surface area contributed by atoms with Gasteiger partial charge in [-0.05, 0) is 51.3 Å². The van der Waals surface area contributed by atoms with Crippen molar-refractivity contribution in [3.63, 3.8) is 0 Å². The van der Waals surface area contributed by atoms with E-state index in [1.54, 1.807) is 41.8 Å². The van der Waals surface area contributed by atoms with Crippen molar-refractivity contribution in [3.8, 4) is 0 Å². The number of nitrogens with zero attached hydrogens (tertiary/aromatic N) is 2. The molecule has 0 bridgehead atoms. The van der Waals surface area contributed by atoms with Crippen LogP contribution in [0.3, 0.4) is 0 Å². The van der Waals surface area contributed by atoms with Gasteiger partial charge in [-0.3, -0.25) is 9.78 Å². The molecule has 0 aliphatic carbocycles. The van der Waals surface area contributed by atoms with E-state index in [0.29, 0.717) is 12.0 Å². The van der Waals surface area contributed by atoms with E-state index in [0.717, 1.165) is 16.9 Å². The molecule has 0 spiro atoms. The van der Waals surface area contributed by atoms with Gasteiger partial charge in [0.2, 0.25) is 0 Å². The minimum Gasteiger partial charge on any atom is -0.390 e. The number of aliphatic hydroxyl groups is 1. The fourth-order valence-electron chi connectivity index (χ4n) is 2.31. The molecule has 124 valence electrons. The predicted molar refractivity (Wildman–Crippen MR) is 93.7 cm³/mol. The van der Waals surface area contributed by atoms with Crippen molar-refractivity contribution in [1.82, 2.24) is 9.88 Å². The smallest absolute Gasteiger partial charge is 0.254 e. The summed E-state index contributed by atoms with van der Waals surface area (Å²) in [5.74, 6) is -0.00370. The molecule has 1 amide bonds. The van der Waals surface area contributed by atoms with Gasteiger partial charge in [0.05, 0.1) is 17.2 Å². The average molecular weight is 332 g/mol. The summed E-state index contributed by atoms with van der Waals surface area (Å²) in [4.78, 5) is 19.6. The van der Waals surface area contributed by atoms with E-state index in [1.165, 1.54) is 0 Å². The van der Waals surface area contributed by atoms with Gasteiger partial charge < -0.3 is 10.0 Å². The lowest BCUT2D eigenvalue weighted by molar-refractivity contribution is 0.0714. The van der Waals surface area contributed by atoms with Crippen LogP contribution in [0, 0.1) is 0 Å². The Hall–Kier alpha value is -1.72. The van der Waals surface area contributed by atoms with Crippen molar-refractivity contribution in [1.29, 1.82) is 0 Å². The topological polar surface area (TPSA) is 53.4 Å². The molecule has 1 heterocycles. The van der Waals surface area contributed by atoms with Gasteiger partial charge in [0, 0.05) is 23.7 Å². The number of thiazole rings is 1. The van der Waals surface area contributed by atoms with Gasteiger partial charge in [-0.15, -0.1) is 11.3 Å². The van der Waals surface area contributed by atoms with Crippen molar-refractivity contribution in [2.24, 2.45) is 0 Å². The summed E-state index contributed by atoms with van der Waals surface area (Å²) in [7, 11) is 1.82. The van der Waals surface area contributed by atoms with Crippen LogP contribution in [-0.4, -0.2) is 33.5 Å². The van der Waals surface area contributed by atoms with Crippen LogP contribution in [0.2, 0.25) is 0 Å². The summed E-state index contributed by atoms with van der Waals surface area (Å²) in [6, 6.07) is 7.65. The largest absolute Gasteiger partial charge is 0.390 e. The van der Waals surface area contributed by atoms with Crippen LogP contribution in [0.4, 0.5) is 0 Å². The number of rotatable bonds is 6. The molecule has 0 saturated heterocycles. The van der Waals surface area contributed by atoms with Crippen LogP contribution < -0.4 is 0 Å². The van der Waals surface area contributed by atoms with Crippen LogP contribution in [0.1, 0.15) is 54.0 Å². The summed E-state index contributed by atoms with van der Waals surface area (Å²) < 4.78 is 0. The number of hydrogen-bond donors (Lipinski definition) is 1. The van der Waals surface area contributed by atoms with Gasteiger partial charge in [0.15, 0.2) is 0 Å². The standard InChI is InChI=1S/C18H24N2O2S/c1-13(16-11-19-12-23-16)20(4)17(21)15-7-5-6-14(10-15)8-9-18(2,3)22/h5-7,10-13,22H,8-9H2,1-4H3/t13-/m0/s1. The number of benzene rings is 1. The molecule has 0 aliphatic heterocycles. The maximum Gasteiger partial charge on any atom is 0.254 e. The number of aryl methyl sites for hydroxylation is 1. The molecule has 4 nitrogen and oxygen atoms in total. The Morgan fingerprint density at radius 2 is 2.17 bits per heavy atom. The highest BCUT2D eigenvalue weighted by Gasteiger charge is 2.20. The third kappa shape index (κ3) is 4.88. The Bertz CT molecular complexity index is 647. The molecule has 2 rings (SSSR count). The first kappa shape index (κ1) is 17.6. The molecule has 1 aromatic carbocycles. The van der Waals surface area contributed by atoms with E-state index in [-0.39, 0.29) is 11.9 Å². The van der Waals surface area contributed by atoms with Gasteiger partial charge in [-0.25, -0.2) is 0 Å². The number of amides is 1. The third-order valence-electron chi connectivity index (χ3n) is 3.96. The Morgan fingerprint density at radius 3 is 2.78 bits per heavy atom. The number of aromatic nitrogens is 1. The van der Waals surface area contributed by atoms with Crippen LogP contribution in [0.15, 0.2) is 36.0 Å². The Balaban J connectivity index is 2.10. The first-order valence-corrected chi connectivity index (χ1v) is 8.63. The Morgan fingerprint density at radius 1 is 1.43 bits per heavy atom. The SMILES string of the molecule is C[C@@H](c1cncs1)N(C)C(=O)c1cccc(CCC(C)(C)O)c1. The lowest BCUT2D eigenvalue weighted by Crippen LogP contribution is -2.29. The highest BCUT2D eigenvalue weighted by atomic mass is 32.1. The first-order chi connectivity index (χ1) is 10.8. The zero-order chi connectivity index (χ0) is 17.0. The van der Waals surface area contributed by atoms with Gasteiger partial charge in [-0.2, -0.15) is 0 Å². The second kappa shape index (κ2) is 7.23. The predicted octanol–water partition coefficient (Wildman–Crippen LogP) is 3.68. The van der Waals surface area contributed by atoms with Crippen LogP contribution in [0.25, 0.3) is 0 Å². The molecule has 0 unspecified atom stereocenters. The number of carbonyl (C=O) groups excluding carboxylic acids is 1. The zero-order valence-corrected chi connectivity index (χ0v) is 14.9. The molecular weight excluding hydrogens is 308 g/mol. The van der Waals surface area contributed by atoms with Gasteiger partial charge in [-0.1, -0.05) is 12.1 Å². The molecule has 0 fully saturated rings. The first-order valence-electron chi connectivity index (χ1n) is 7.75. The molecule has 0 saturated carbocycles. The second-order valence-corrected chi connectivity index (χ2v) is 7.43. The minimum atomic E-state index is -0.697. The van der Waals surface area contributed by atoms with Gasteiger partial charge in [0.25, 0.3) is 5.91 Å². The maximum absolute atomic E-state index is 12.7. The van der Waals surface area contributed by atoms with Gasteiger partial charge in [0.1, 0.15) is 0 Å². The van der Waals surface area contributed by atoms with Crippen molar-refractivity contribution in [3.05, 3.63) is 52.0 Å². The number of carbonyl (C=O) groups is 1. The second-order valence-electron chi connectivity index (χ2n) is 6.51. The van der Waals surface area contributed by atoms with Crippen molar-refractivity contribution < 1.29 is 9.90 Å². The van der Waals surface area contributed by atoms with Crippen LogP contribution >= 0.6 is 11.3 Å².